The van der Waals surface area contributed by atoms with E-state index in [1.54, 1.807) is 6.92 Å². The standard InChI is InChI=1S/C12H23NO3S/c1-2-17(15,16)10-7-12(14)4-3-11-5-8-13-9-6-11/h11,13H,2-10H2,1H3. The van der Waals surface area contributed by atoms with Gasteiger partial charge < -0.3 is 5.32 Å². The first kappa shape index (κ1) is 14.6. The zero-order valence-corrected chi connectivity index (χ0v) is 11.4. The molecule has 0 radical (unpaired) electrons. The molecule has 1 fully saturated rings. The molecule has 0 aromatic rings. The highest BCUT2D eigenvalue weighted by Crippen LogP contribution is 2.18. The van der Waals surface area contributed by atoms with E-state index in [1.807, 2.05) is 0 Å². The molecule has 0 unspecified atom stereocenters. The fourth-order valence-corrected chi connectivity index (χ4v) is 2.90. The number of Topliss-reactive ketones (excluding diaryl/α,β-unsaturated/α-hetero) is 1. The first-order valence-electron chi connectivity index (χ1n) is 6.46. The van der Waals surface area contributed by atoms with E-state index in [4.69, 9.17) is 0 Å². The summed E-state index contributed by atoms with van der Waals surface area (Å²) in [5.74, 6) is 0.895. The molecular formula is C12H23NO3S. The second kappa shape index (κ2) is 7.11. The van der Waals surface area contributed by atoms with Crippen LogP contribution in [0.5, 0.6) is 0 Å². The summed E-state index contributed by atoms with van der Waals surface area (Å²) in [5, 5.41) is 3.29. The van der Waals surface area contributed by atoms with E-state index in [0.29, 0.717) is 12.3 Å². The molecule has 0 bridgehead atoms. The average Bonchev–Trinajstić information content (AvgIpc) is 2.35. The maximum atomic E-state index is 11.6. The molecular weight excluding hydrogens is 238 g/mol. The van der Waals surface area contributed by atoms with Gasteiger partial charge in [0, 0.05) is 18.6 Å². The number of sulfone groups is 1. The van der Waals surface area contributed by atoms with E-state index >= 15 is 0 Å². The van der Waals surface area contributed by atoms with Crippen LogP contribution in [-0.2, 0) is 14.6 Å². The third-order valence-corrected chi connectivity index (χ3v) is 5.13. The summed E-state index contributed by atoms with van der Waals surface area (Å²) in [6.07, 6.45) is 3.94. The summed E-state index contributed by atoms with van der Waals surface area (Å²) in [6, 6.07) is 0. The number of piperidine rings is 1. The van der Waals surface area contributed by atoms with Crippen molar-refractivity contribution in [2.24, 2.45) is 5.92 Å². The molecule has 0 aliphatic carbocycles. The van der Waals surface area contributed by atoms with E-state index in [-0.39, 0.29) is 23.7 Å². The molecule has 17 heavy (non-hydrogen) atoms. The Bertz CT molecular complexity index is 332. The van der Waals surface area contributed by atoms with Gasteiger partial charge in [-0.2, -0.15) is 0 Å². The van der Waals surface area contributed by atoms with E-state index in [9.17, 15) is 13.2 Å². The van der Waals surface area contributed by atoms with Gasteiger partial charge >= 0.3 is 0 Å². The second-order valence-corrected chi connectivity index (χ2v) is 7.23. The average molecular weight is 261 g/mol. The third kappa shape index (κ3) is 6.17. The third-order valence-electron chi connectivity index (χ3n) is 3.42. The first-order chi connectivity index (χ1) is 8.03. The summed E-state index contributed by atoms with van der Waals surface area (Å²) < 4.78 is 22.5. The molecule has 1 saturated heterocycles. The maximum Gasteiger partial charge on any atom is 0.150 e. The number of carbonyl (C=O) groups excluding carboxylic acids is 1. The minimum atomic E-state index is -2.99. The van der Waals surface area contributed by atoms with Gasteiger partial charge in [-0.3, -0.25) is 4.79 Å². The van der Waals surface area contributed by atoms with Gasteiger partial charge in [-0.15, -0.1) is 0 Å². The number of rotatable bonds is 7. The van der Waals surface area contributed by atoms with Crippen LogP contribution in [0.2, 0.25) is 0 Å². The molecule has 0 spiro atoms. The Labute approximate surface area is 104 Å². The Morgan fingerprint density at radius 1 is 1.24 bits per heavy atom. The second-order valence-electron chi connectivity index (χ2n) is 4.76. The molecule has 0 atom stereocenters. The lowest BCUT2D eigenvalue weighted by atomic mass is 9.92. The Balaban J connectivity index is 2.16. The minimum absolute atomic E-state index is 0.0224. The highest BCUT2D eigenvalue weighted by atomic mass is 32.2. The van der Waals surface area contributed by atoms with Crippen molar-refractivity contribution in [3.05, 3.63) is 0 Å². The zero-order valence-electron chi connectivity index (χ0n) is 10.6. The molecule has 1 aliphatic rings. The number of ketones is 1. The van der Waals surface area contributed by atoms with Gasteiger partial charge in [-0.1, -0.05) is 6.92 Å². The van der Waals surface area contributed by atoms with Crippen molar-refractivity contribution in [1.29, 1.82) is 0 Å². The minimum Gasteiger partial charge on any atom is -0.317 e. The summed E-state index contributed by atoms with van der Waals surface area (Å²) in [7, 11) is -2.99. The van der Waals surface area contributed by atoms with Crippen molar-refractivity contribution >= 4 is 15.6 Å². The van der Waals surface area contributed by atoms with Gasteiger partial charge in [0.25, 0.3) is 0 Å². The number of hydrogen-bond acceptors (Lipinski definition) is 4. The SMILES string of the molecule is CCS(=O)(=O)CCC(=O)CCC1CCNCC1. The molecule has 5 heteroatoms. The predicted molar refractivity (Wildman–Crippen MR) is 68.8 cm³/mol. The molecule has 100 valence electrons. The lowest BCUT2D eigenvalue weighted by Crippen LogP contribution is -2.28. The fourth-order valence-electron chi connectivity index (χ4n) is 2.07. The van der Waals surface area contributed by atoms with Crippen LogP contribution in [0.4, 0.5) is 0 Å². The van der Waals surface area contributed by atoms with Crippen LogP contribution in [-0.4, -0.2) is 38.8 Å². The zero-order chi connectivity index (χ0) is 12.7. The van der Waals surface area contributed by atoms with Crippen molar-refractivity contribution in [3.63, 3.8) is 0 Å². The molecule has 1 heterocycles. The molecule has 0 amide bonds. The van der Waals surface area contributed by atoms with Crippen molar-refractivity contribution < 1.29 is 13.2 Å². The summed E-state index contributed by atoms with van der Waals surface area (Å²) >= 11 is 0. The van der Waals surface area contributed by atoms with E-state index < -0.39 is 9.84 Å². The van der Waals surface area contributed by atoms with Crippen LogP contribution in [0.15, 0.2) is 0 Å². The van der Waals surface area contributed by atoms with Gasteiger partial charge in [0.2, 0.25) is 0 Å². The number of carbonyl (C=O) groups is 1. The van der Waals surface area contributed by atoms with Crippen LogP contribution >= 0.6 is 0 Å². The summed E-state index contributed by atoms with van der Waals surface area (Å²) in [5.41, 5.74) is 0. The highest BCUT2D eigenvalue weighted by Gasteiger charge is 2.16. The lowest BCUT2D eigenvalue weighted by molar-refractivity contribution is -0.119. The Morgan fingerprint density at radius 3 is 2.47 bits per heavy atom. The van der Waals surface area contributed by atoms with E-state index in [0.717, 1.165) is 32.4 Å². The van der Waals surface area contributed by atoms with Crippen molar-refractivity contribution in [2.75, 3.05) is 24.6 Å². The van der Waals surface area contributed by atoms with Gasteiger partial charge in [0.15, 0.2) is 0 Å². The molecule has 0 aromatic heterocycles. The lowest BCUT2D eigenvalue weighted by Gasteiger charge is -2.22. The van der Waals surface area contributed by atoms with E-state index in [2.05, 4.69) is 5.32 Å². The molecule has 1 rings (SSSR count). The quantitative estimate of drug-likeness (QED) is 0.747. The number of hydrogen-bond donors (Lipinski definition) is 1. The van der Waals surface area contributed by atoms with Gasteiger partial charge in [0.05, 0.1) is 5.75 Å². The van der Waals surface area contributed by atoms with Gasteiger partial charge in [0.1, 0.15) is 15.6 Å². The normalized spacial score (nSPS) is 18.2. The van der Waals surface area contributed by atoms with Crippen molar-refractivity contribution in [2.45, 2.75) is 39.0 Å². The maximum absolute atomic E-state index is 11.6. The molecule has 4 nitrogen and oxygen atoms in total. The van der Waals surface area contributed by atoms with Gasteiger partial charge in [-0.25, -0.2) is 8.42 Å². The molecule has 0 saturated carbocycles. The van der Waals surface area contributed by atoms with Crippen LogP contribution < -0.4 is 5.32 Å². The summed E-state index contributed by atoms with van der Waals surface area (Å²) in [4.78, 5) is 11.6. The van der Waals surface area contributed by atoms with Crippen LogP contribution in [0.1, 0.15) is 39.0 Å². The van der Waals surface area contributed by atoms with Crippen molar-refractivity contribution in [1.82, 2.24) is 5.32 Å². The monoisotopic (exact) mass is 261 g/mol. The van der Waals surface area contributed by atoms with Gasteiger partial charge in [-0.05, 0) is 38.3 Å². The smallest absolute Gasteiger partial charge is 0.150 e. The van der Waals surface area contributed by atoms with Crippen molar-refractivity contribution in [3.8, 4) is 0 Å². The topological polar surface area (TPSA) is 63.2 Å². The molecule has 1 aliphatic heterocycles. The fraction of sp³-hybridized carbons (Fsp3) is 0.917. The first-order valence-corrected chi connectivity index (χ1v) is 8.28. The van der Waals surface area contributed by atoms with Crippen LogP contribution in [0.3, 0.4) is 0 Å². The van der Waals surface area contributed by atoms with E-state index in [1.165, 1.54) is 0 Å². The largest absolute Gasteiger partial charge is 0.317 e. The van der Waals surface area contributed by atoms with Crippen LogP contribution in [0, 0.1) is 5.92 Å². The Hall–Kier alpha value is -0.420. The Kier molecular flexibility index (Phi) is 6.12. The summed E-state index contributed by atoms with van der Waals surface area (Å²) in [6.45, 7) is 3.71. The number of nitrogens with one attached hydrogen (secondary N) is 1. The molecule has 1 N–H and O–H groups in total. The highest BCUT2D eigenvalue weighted by molar-refractivity contribution is 7.91. The van der Waals surface area contributed by atoms with Crippen LogP contribution in [0.25, 0.3) is 0 Å². The Morgan fingerprint density at radius 2 is 1.88 bits per heavy atom. The predicted octanol–water partition coefficient (Wildman–Crippen LogP) is 1.16. The molecule has 0 aromatic carbocycles.